The number of rotatable bonds is 7. The fourth-order valence-electron chi connectivity index (χ4n) is 3.11. The van der Waals surface area contributed by atoms with Crippen LogP contribution >= 0.6 is 0 Å². The highest BCUT2D eigenvalue weighted by atomic mass is 16.5. The van der Waals surface area contributed by atoms with Crippen LogP contribution in [-0.4, -0.2) is 94.0 Å². The molecule has 0 unspecified atom stereocenters. The fraction of sp³-hybridized carbons (Fsp3) is 0.600. The maximum absolute atomic E-state index is 12.7. The molecule has 0 fully saturated rings. The lowest BCUT2D eigenvalue weighted by molar-refractivity contribution is -0.131. The quantitative estimate of drug-likeness (QED) is 0.720. The summed E-state index contributed by atoms with van der Waals surface area (Å²) in [6.45, 7) is 4.72. The lowest BCUT2D eigenvalue weighted by Crippen LogP contribution is -2.45. The minimum Gasteiger partial charge on any atom is -0.489 e. The van der Waals surface area contributed by atoms with Crippen molar-refractivity contribution >= 4 is 17.5 Å². The highest BCUT2D eigenvalue weighted by Crippen LogP contribution is 2.34. The third-order valence-electron chi connectivity index (χ3n) is 4.93. The van der Waals surface area contributed by atoms with Crippen molar-refractivity contribution in [3.8, 4) is 5.75 Å². The number of ether oxygens (including phenoxy) is 1. The number of hydrogen-bond donors (Lipinski definition) is 0. The molecule has 0 saturated heterocycles. The van der Waals surface area contributed by atoms with Gasteiger partial charge in [0.05, 0.1) is 18.2 Å². The molecule has 1 aromatic rings. The highest BCUT2D eigenvalue weighted by Gasteiger charge is 2.29. The van der Waals surface area contributed by atoms with E-state index < -0.39 is 0 Å². The predicted molar refractivity (Wildman–Crippen MR) is 108 cm³/mol. The molecule has 1 aromatic carbocycles. The Morgan fingerprint density at radius 3 is 2.48 bits per heavy atom. The summed E-state index contributed by atoms with van der Waals surface area (Å²) in [6.07, 6.45) is 0.392. The molecule has 0 bridgehead atoms. The Bertz CT molecular complexity index is 675. The zero-order chi connectivity index (χ0) is 20.1. The van der Waals surface area contributed by atoms with E-state index >= 15 is 0 Å². The van der Waals surface area contributed by atoms with Gasteiger partial charge >= 0.3 is 0 Å². The molecular weight excluding hydrogens is 344 g/mol. The Hall–Kier alpha value is -2.28. The van der Waals surface area contributed by atoms with Crippen molar-refractivity contribution in [3.63, 3.8) is 0 Å². The van der Waals surface area contributed by atoms with Crippen LogP contribution in [0.2, 0.25) is 0 Å². The van der Waals surface area contributed by atoms with Gasteiger partial charge in [-0.25, -0.2) is 0 Å². The summed E-state index contributed by atoms with van der Waals surface area (Å²) < 4.78 is 5.87. The van der Waals surface area contributed by atoms with E-state index in [0.717, 1.165) is 24.5 Å². The molecule has 0 aromatic heterocycles. The number of nitrogens with zero attached hydrogens (tertiary/aromatic N) is 4. The number of carbonyl (C=O) groups excluding carboxylic acids is 2. The van der Waals surface area contributed by atoms with Crippen molar-refractivity contribution in [2.24, 2.45) is 0 Å². The molecule has 2 amide bonds. The average Bonchev–Trinajstić information content (AvgIpc) is 2.63. The lowest BCUT2D eigenvalue weighted by atomic mass is 10.1. The second-order valence-corrected chi connectivity index (χ2v) is 7.44. The monoisotopic (exact) mass is 376 g/mol. The van der Waals surface area contributed by atoms with E-state index in [0.29, 0.717) is 25.1 Å². The van der Waals surface area contributed by atoms with Crippen LogP contribution in [0.25, 0.3) is 0 Å². The summed E-state index contributed by atoms with van der Waals surface area (Å²) in [6, 6.07) is 5.40. The van der Waals surface area contributed by atoms with Gasteiger partial charge in [0.1, 0.15) is 12.4 Å². The van der Waals surface area contributed by atoms with Gasteiger partial charge < -0.3 is 24.3 Å². The summed E-state index contributed by atoms with van der Waals surface area (Å²) in [5.74, 6) is 0.825. The Kier molecular flexibility index (Phi) is 7.07. The predicted octanol–water partition coefficient (Wildman–Crippen LogP) is 1.39. The SMILES string of the molecule is CCN(CCN(C)C)C(=O)C[C@H]1COc2ccc(C(=O)N(C)C)cc2N1C. The highest BCUT2D eigenvalue weighted by molar-refractivity contribution is 5.95. The number of carbonyl (C=O) groups is 2. The van der Waals surface area contributed by atoms with Crippen LogP contribution in [-0.2, 0) is 4.79 Å². The summed E-state index contributed by atoms with van der Waals surface area (Å²) in [7, 11) is 9.43. The summed E-state index contributed by atoms with van der Waals surface area (Å²) in [5, 5.41) is 0. The van der Waals surface area contributed by atoms with Gasteiger partial charge in [-0.2, -0.15) is 0 Å². The van der Waals surface area contributed by atoms with Crippen LogP contribution in [0, 0.1) is 0 Å². The van der Waals surface area contributed by atoms with Crippen LogP contribution in [0.3, 0.4) is 0 Å². The van der Waals surface area contributed by atoms with Crippen molar-refractivity contribution in [2.45, 2.75) is 19.4 Å². The molecule has 7 heteroatoms. The Labute approximate surface area is 162 Å². The second kappa shape index (κ2) is 9.08. The molecule has 0 saturated carbocycles. The Morgan fingerprint density at radius 2 is 1.89 bits per heavy atom. The maximum Gasteiger partial charge on any atom is 0.253 e. The first kappa shape index (κ1) is 21.0. The zero-order valence-electron chi connectivity index (χ0n) is 17.4. The number of hydrogen-bond acceptors (Lipinski definition) is 5. The molecule has 0 aliphatic carbocycles. The number of benzene rings is 1. The summed E-state index contributed by atoms with van der Waals surface area (Å²) in [5.41, 5.74) is 1.46. The largest absolute Gasteiger partial charge is 0.489 e. The fourth-order valence-corrected chi connectivity index (χ4v) is 3.11. The molecule has 1 aliphatic rings. The number of fused-ring (bicyclic) bond motifs is 1. The molecule has 0 spiro atoms. The van der Waals surface area contributed by atoms with Gasteiger partial charge in [-0.05, 0) is 39.2 Å². The molecule has 1 heterocycles. The first-order chi connectivity index (χ1) is 12.7. The van der Waals surface area contributed by atoms with Crippen LogP contribution in [0.1, 0.15) is 23.7 Å². The molecule has 27 heavy (non-hydrogen) atoms. The zero-order valence-corrected chi connectivity index (χ0v) is 17.4. The number of likely N-dealkylation sites (N-methyl/N-ethyl adjacent to an activating group) is 3. The van der Waals surface area contributed by atoms with Crippen molar-refractivity contribution in [2.75, 3.05) is 66.4 Å². The molecular formula is C20H32N4O3. The first-order valence-corrected chi connectivity index (χ1v) is 9.38. The minimum atomic E-state index is -0.0527. The smallest absolute Gasteiger partial charge is 0.253 e. The second-order valence-electron chi connectivity index (χ2n) is 7.44. The van der Waals surface area contributed by atoms with Crippen molar-refractivity contribution in [1.29, 1.82) is 0 Å². The van der Waals surface area contributed by atoms with E-state index in [2.05, 4.69) is 9.80 Å². The normalized spacial score (nSPS) is 16.0. The molecule has 1 aliphatic heterocycles. The van der Waals surface area contributed by atoms with E-state index in [1.165, 1.54) is 0 Å². The van der Waals surface area contributed by atoms with E-state index in [-0.39, 0.29) is 17.9 Å². The Morgan fingerprint density at radius 1 is 1.19 bits per heavy atom. The van der Waals surface area contributed by atoms with Gasteiger partial charge in [0.15, 0.2) is 0 Å². The van der Waals surface area contributed by atoms with Gasteiger partial charge in [-0.3, -0.25) is 9.59 Å². The summed E-state index contributed by atoms with van der Waals surface area (Å²) in [4.78, 5) is 32.6. The van der Waals surface area contributed by atoms with Gasteiger partial charge in [-0.15, -0.1) is 0 Å². The van der Waals surface area contributed by atoms with Crippen molar-refractivity contribution in [1.82, 2.24) is 14.7 Å². The topological polar surface area (TPSA) is 56.3 Å². The lowest BCUT2D eigenvalue weighted by Gasteiger charge is -2.37. The van der Waals surface area contributed by atoms with E-state index in [1.54, 1.807) is 25.1 Å². The van der Waals surface area contributed by atoms with Gasteiger partial charge in [0.25, 0.3) is 5.91 Å². The molecule has 2 rings (SSSR count). The van der Waals surface area contributed by atoms with Crippen LogP contribution in [0.15, 0.2) is 18.2 Å². The maximum atomic E-state index is 12.7. The number of anilines is 1. The van der Waals surface area contributed by atoms with Gasteiger partial charge in [-0.1, -0.05) is 0 Å². The Balaban J connectivity index is 2.10. The van der Waals surface area contributed by atoms with E-state index in [1.807, 2.05) is 45.1 Å². The standard InChI is InChI=1S/C20H32N4O3/c1-7-24(11-10-21(2)3)19(25)13-16-14-27-18-9-8-15(20(26)22(4)5)12-17(18)23(16)6/h8-9,12,16H,7,10-11,13-14H2,1-6H3/t16-/m0/s1. The molecule has 1 atom stereocenters. The van der Waals surface area contributed by atoms with Crippen LogP contribution < -0.4 is 9.64 Å². The van der Waals surface area contributed by atoms with Crippen molar-refractivity contribution < 1.29 is 14.3 Å². The number of amides is 2. The summed E-state index contributed by atoms with van der Waals surface area (Å²) >= 11 is 0. The van der Waals surface area contributed by atoms with Gasteiger partial charge in [0.2, 0.25) is 5.91 Å². The van der Waals surface area contributed by atoms with E-state index in [9.17, 15) is 9.59 Å². The third-order valence-corrected chi connectivity index (χ3v) is 4.93. The molecule has 0 N–H and O–H groups in total. The molecule has 0 radical (unpaired) electrons. The van der Waals surface area contributed by atoms with Crippen LogP contribution in [0.4, 0.5) is 5.69 Å². The minimum absolute atomic E-state index is 0.0507. The third kappa shape index (κ3) is 5.13. The first-order valence-electron chi connectivity index (χ1n) is 9.38. The average molecular weight is 377 g/mol. The van der Waals surface area contributed by atoms with Crippen molar-refractivity contribution in [3.05, 3.63) is 23.8 Å². The molecule has 150 valence electrons. The van der Waals surface area contributed by atoms with E-state index in [4.69, 9.17) is 4.74 Å². The molecule has 7 nitrogen and oxygen atoms in total. The van der Waals surface area contributed by atoms with Crippen LogP contribution in [0.5, 0.6) is 5.75 Å². The van der Waals surface area contributed by atoms with Gasteiger partial charge in [0, 0.05) is 46.3 Å².